The van der Waals surface area contributed by atoms with Crippen LogP contribution >= 0.6 is 0 Å². The van der Waals surface area contributed by atoms with Gasteiger partial charge in [-0.25, -0.2) is 5.84 Å². The van der Waals surface area contributed by atoms with Crippen LogP contribution in [0.5, 0.6) is 0 Å². The molecule has 0 spiro atoms. The first-order valence-corrected chi connectivity index (χ1v) is 5.61. The van der Waals surface area contributed by atoms with Crippen molar-refractivity contribution < 1.29 is 0 Å². The number of hydrazine groups is 1. The van der Waals surface area contributed by atoms with Crippen molar-refractivity contribution >= 4 is 11.6 Å². The number of nitrogen functional groups attached to an aromatic ring is 1. The van der Waals surface area contributed by atoms with Gasteiger partial charge in [0.1, 0.15) is 0 Å². The second-order valence-corrected chi connectivity index (χ2v) is 3.84. The third kappa shape index (κ3) is 2.40. The van der Waals surface area contributed by atoms with E-state index in [1.54, 1.807) is 0 Å². The summed E-state index contributed by atoms with van der Waals surface area (Å²) in [6.07, 6.45) is 0. The van der Waals surface area contributed by atoms with E-state index < -0.39 is 0 Å². The number of likely N-dealkylation sites (N-methyl/N-ethyl adjacent to an activating group) is 1. The van der Waals surface area contributed by atoms with Gasteiger partial charge in [0.25, 0.3) is 0 Å². The Labute approximate surface area is 95.4 Å². The predicted octanol–water partition coefficient (Wildman–Crippen LogP) is -0.0959. The Hall–Kier alpha value is -1.40. The molecule has 1 aliphatic heterocycles. The summed E-state index contributed by atoms with van der Waals surface area (Å²) >= 11 is 0. The van der Waals surface area contributed by atoms with Crippen molar-refractivity contribution in [3.8, 4) is 0 Å². The summed E-state index contributed by atoms with van der Waals surface area (Å²) in [7, 11) is 0. The van der Waals surface area contributed by atoms with Crippen molar-refractivity contribution in [2.45, 2.75) is 6.92 Å². The maximum absolute atomic E-state index is 5.24. The van der Waals surface area contributed by atoms with E-state index in [0.29, 0.717) is 5.82 Å². The average molecular weight is 222 g/mol. The third-order valence-electron chi connectivity index (χ3n) is 2.94. The molecule has 0 bridgehead atoms. The van der Waals surface area contributed by atoms with E-state index in [2.05, 4.69) is 32.3 Å². The van der Waals surface area contributed by atoms with Gasteiger partial charge in [-0.2, -0.15) is 0 Å². The van der Waals surface area contributed by atoms with E-state index in [-0.39, 0.29) is 0 Å². The van der Waals surface area contributed by atoms with Crippen LogP contribution in [-0.4, -0.2) is 47.8 Å². The maximum Gasteiger partial charge on any atom is 0.162 e. The molecule has 1 fully saturated rings. The van der Waals surface area contributed by atoms with Gasteiger partial charge < -0.3 is 15.2 Å². The highest BCUT2D eigenvalue weighted by atomic mass is 15.3. The predicted molar refractivity (Wildman–Crippen MR) is 64.2 cm³/mol. The van der Waals surface area contributed by atoms with E-state index in [1.807, 2.05) is 12.1 Å². The first-order valence-electron chi connectivity index (χ1n) is 5.61. The summed E-state index contributed by atoms with van der Waals surface area (Å²) in [6.45, 7) is 7.52. The molecular weight excluding hydrogens is 204 g/mol. The molecule has 0 aromatic carbocycles. The number of nitrogens with one attached hydrogen (secondary N) is 1. The van der Waals surface area contributed by atoms with Crippen molar-refractivity contribution in [1.82, 2.24) is 15.1 Å². The van der Waals surface area contributed by atoms with E-state index >= 15 is 0 Å². The Balaban J connectivity index is 1.97. The third-order valence-corrected chi connectivity index (χ3v) is 2.94. The Kier molecular flexibility index (Phi) is 3.53. The lowest BCUT2D eigenvalue weighted by Gasteiger charge is -2.34. The lowest BCUT2D eigenvalue weighted by Crippen LogP contribution is -2.46. The smallest absolute Gasteiger partial charge is 0.162 e. The number of hydrogen-bond donors (Lipinski definition) is 2. The van der Waals surface area contributed by atoms with Crippen molar-refractivity contribution in [2.75, 3.05) is 43.0 Å². The number of piperazine rings is 1. The highest BCUT2D eigenvalue weighted by Gasteiger charge is 2.16. The molecule has 16 heavy (non-hydrogen) atoms. The van der Waals surface area contributed by atoms with Crippen LogP contribution in [0, 0.1) is 0 Å². The summed E-state index contributed by atoms with van der Waals surface area (Å²) in [4.78, 5) is 4.68. The number of nitrogens with two attached hydrogens (primary N) is 1. The lowest BCUT2D eigenvalue weighted by atomic mass is 10.3. The molecule has 1 aromatic rings. The highest BCUT2D eigenvalue weighted by Crippen LogP contribution is 2.13. The molecule has 2 rings (SSSR count). The van der Waals surface area contributed by atoms with E-state index in [1.165, 1.54) is 0 Å². The first kappa shape index (κ1) is 11.1. The zero-order chi connectivity index (χ0) is 11.4. The van der Waals surface area contributed by atoms with Crippen LogP contribution in [0.15, 0.2) is 12.1 Å². The number of nitrogens with zero attached hydrogens (tertiary/aromatic N) is 4. The summed E-state index contributed by atoms with van der Waals surface area (Å²) in [5.74, 6) is 6.76. The van der Waals surface area contributed by atoms with Gasteiger partial charge in [0.15, 0.2) is 11.6 Å². The van der Waals surface area contributed by atoms with Gasteiger partial charge in [0.2, 0.25) is 0 Å². The van der Waals surface area contributed by atoms with Crippen molar-refractivity contribution in [2.24, 2.45) is 5.84 Å². The lowest BCUT2D eigenvalue weighted by molar-refractivity contribution is 0.270. The molecule has 0 amide bonds. The first-order chi connectivity index (χ1) is 7.83. The van der Waals surface area contributed by atoms with Crippen LogP contribution in [0.25, 0.3) is 0 Å². The molecule has 0 atom stereocenters. The van der Waals surface area contributed by atoms with Crippen LogP contribution in [0.2, 0.25) is 0 Å². The van der Waals surface area contributed by atoms with Crippen LogP contribution in [0.4, 0.5) is 11.6 Å². The number of hydrogen-bond acceptors (Lipinski definition) is 6. The monoisotopic (exact) mass is 222 g/mol. The zero-order valence-electron chi connectivity index (χ0n) is 9.56. The number of rotatable bonds is 3. The Bertz CT molecular complexity index is 317. The van der Waals surface area contributed by atoms with Crippen LogP contribution in [-0.2, 0) is 0 Å². The fourth-order valence-corrected chi connectivity index (χ4v) is 1.86. The van der Waals surface area contributed by atoms with Crippen LogP contribution < -0.4 is 16.2 Å². The SMILES string of the molecule is CCN1CCN(c2ccc(NN)nn2)CC1. The molecule has 0 saturated carbocycles. The molecule has 3 N–H and O–H groups in total. The quantitative estimate of drug-likeness (QED) is 0.550. The normalized spacial score (nSPS) is 17.5. The number of aromatic nitrogens is 2. The molecular formula is C10H18N6. The van der Waals surface area contributed by atoms with E-state index in [0.717, 1.165) is 38.5 Å². The van der Waals surface area contributed by atoms with Gasteiger partial charge in [-0.15, -0.1) is 10.2 Å². The van der Waals surface area contributed by atoms with Gasteiger partial charge in [-0.1, -0.05) is 6.92 Å². The molecule has 6 heteroatoms. The highest BCUT2D eigenvalue weighted by molar-refractivity contribution is 5.43. The molecule has 0 aliphatic carbocycles. The minimum absolute atomic E-state index is 0.593. The standard InChI is InChI=1S/C10H18N6/c1-2-15-5-7-16(8-6-15)10-4-3-9(12-11)13-14-10/h3-4H,2,5-8,11H2,1H3,(H,12,13). The second-order valence-electron chi connectivity index (χ2n) is 3.84. The fourth-order valence-electron chi connectivity index (χ4n) is 1.86. The van der Waals surface area contributed by atoms with Crippen LogP contribution in [0.1, 0.15) is 6.92 Å². The van der Waals surface area contributed by atoms with Gasteiger partial charge in [0.05, 0.1) is 0 Å². The van der Waals surface area contributed by atoms with Gasteiger partial charge >= 0.3 is 0 Å². The fraction of sp³-hybridized carbons (Fsp3) is 0.600. The minimum Gasteiger partial charge on any atom is -0.353 e. The Morgan fingerprint density at radius 2 is 2.00 bits per heavy atom. The van der Waals surface area contributed by atoms with E-state index in [9.17, 15) is 0 Å². The molecule has 0 unspecified atom stereocenters. The summed E-state index contributed by atoms with van der Waals surface area (Å²) in [6, 6.07) is 3.79. The molecule has 0 radical (unpaired) electrons. The van der Waals surface area contributed by atoms with Gasteiger partial charge in [-0.05, 0) is 18.7 Å². The van der Waals surface area contributed by atoms with Crippen molar-refractivity contribution in [3.05, 3.63) is 12.1 Å². The minimum atomic E-state index is 0.593. The van der Waals surface area contributed by atoms with E-state index in [4.69, 9.17) is 5.84 Å². The molecule has 6 nitrogen and oxygen atoms in total. The largest absolute Gasteiger partial charge is 0.353 e. The Morgan fingerprint density at radius 3 is 2.50 bits per heavy atom. The van der Waals surface area contributed by atoms with Crippen molar-refractivity contribution in [1.29, 1.82) is 0 Å². The average Bonchev–Trinajstić information content (AvgIpc) is 2.39. The Morgan fingerprint density at radius 1 is 1.25 bits per heavy atom. The van der Waals surface area contributed by atoms with Crippen LogP contribution in [0.3, 0.4) is 0 Å². The van der Waals surface area contributed by atoms with Gasteiger partial charge in [-0.3, -0.25) is 0 Å². The summed E-state index contributed by atoms with van der Waals surface area (Å²) in [5, 5.41) is 8.11. The van der Waals surface area contributed by atoms with Crippen molar-refractivity contribution in [3.63, 3.8) is 0 Å². The maximum atomic E-state index is 5.24. The molecule has 1 saturated heterocycles. The molecule has 1 aliphatic rings. The zero-order valence-corrected chi connectivity index (χ0v) is 9.56. The molecule has 1 aromatic heterocycles. The van der Waals surface area contributed by atoms with Gasteiger partial charge in [0, 0.05) is 26.2 Å². The number of anilines is 2. The topological polar surface area (TPSA) is 70.3 Å². The summed E-state index contributed by atoms with van der Waals surface area (Å²) < 4.78 is 0. The second kappa shape index (κ2) is 5.09. The molecule has 2 heterocycles. The molecule has 88 valence electrons. The summed E-state index contributed by atoms with van der Waals surface area (Å²) in [5.41, 5.74) is 2.47.